The van der Waals surface area contributed by atoms with Crippen LogP contribution in [0.15, 0.2) is 12.1 Å². The van der Waals surface area contributed by atoms with E-state index in [9.17, 15) is 5.11 Å². The van der Waals surface area contributed by atoms with Crippen molar-refractivity contribution in [3.05, 3.63) is 28.5 Å². The van der Waals surface area contributed by atoms with Gasteiger partial charge >= 0.3 is 0 Å². The average molecular weight is 241 g/mol. The first kappa shape index (κ1) is 11.8. The monoisotopic (exact) mass is 240 g/mol. The minimum Gasteiger partial charge on any atom is -0.389 e. The molecule has 0 saturated carbocycles. The normalized spacial score (nSPS) is 17.2. The molecule has 1 aliphatic heterocycles. The van der Waals surface area contributed by atoms with Gasteiger partial charge in [-0.15, -0.1) is 0 Å². The number of aromatic nitrogens is 1. The standard InChI is InChI=1S/C12H17ClN2O/c1-12(2,16)8-15-6-5-10-9(7-15)3-4-11(13)14-10/h3-4,16H,5-8H2,1-2H3. The van der Waals surface area contributed by atoms with Gasteiger partial charge in [0.1, 0.15) is 5.15 Å². The molecule has 16 heavy (non-hydrogen) atoms. The molecule has 0 bridgehead atoms. The maximum atomic E-state index is 9.78. The third-order valence-electron chi connectivity index (χ3n) is 2.70. The van der Waals surface area contributed by atoms with E-state index in [4.69, 9.17) is 11.6 Å². The Morgan fingerprint density at radius 3 is 2.94 bits per heavy atom. The number of hydrogen-bond donors (Lipinski definition) is 1. The fourth-order valence-electron chi connectivity index (χ4n) is 2.13. The molecule has 0 spiro atoms. The summed E-state index contributed by atoms with van der Waals surface area (Å²) in [6, 6.07) is 3.86. The molecule has 0 amide bonds. The van der Waals surface area contributed by atoms with Gasteiger partial charge in [-0.3, -0.25) is 4.90 Å². The lowest BCUT2D eigenvalue weighted by atomic mass is 10.0. The smallest absolute Gasteiger partial charge is 0.129 e. The van der Waals surface area contributed by atoms with Crippen LogP contribution < -0.4 is 0 Å². The van der Waals surface area contributed by atoms with Gasteiger partial charge in [0.2, 0.25) is 0 Å². The predicted molar refractivity (Wildman–Crippen MR) is 64.5 cm³/mol. The Bertz CT molecular complexity index is 387. The molecule has 88 valence electrons. The number of pyridine rings is 1. The van der Waals surface area contributed by atoms with Crippen molar-refractivity contribution >= 4 is 11.6 Å². The number of aliphatic hydroxyl groups is 1. The fraction of sp³-hybridized carbons (Fsp3) is 0.583. The van der Waals surface area contributed by atoms with Crippen LogP contribution in [0.2, 0.25) is 5.15 Å². The highest BCUT2D eigenvalue weighted by molar-refractivity contribution is 6.29. The van der Waals surface area contributed by atoms with Gasteiger partial charge < -0.3 is 5.11 Å². The van der Waals surface area contributed by atoms with E-state index < -0.39 is 5.60 Å². The third-order valence-corrected chi connectivity index (χ3v) is 2.91. The minimum absolute atomic E-state index is 0.565. The van der Waals surface area contributed by atoms with Crippen LogP contribution >= 0.6 is 11.6 Å². The lowest BCUT2D eigenvalue weighted by molar-refractivity contribution is 0.0315. The Hall–Kier alpha value is -0.640. The van der Waals surface area contributed by atoms with Gasteiger partial charge in [-0.2, -0.15) is 0 Å². The Labute approximate surface area is 101 Å². The van der Waals surface area contributed by atoms with Crippen LogP contribution in [-0.2, 0) is 13.0 Å². The second kappa shape index (κ2) is 4.32. The van der Waals surface area contributed by atoms with E-state index in [-0.39, 0.29) is 0 Å². The summed E-state index contributed by atoms with van der Waals surface area (Å²) in [5.41, 5.74) is 1.68. The first-order chi connectivity index (χ1) is 7.44. The zero-order valence-electron chi connectivity index (χ0n) is 9.70. The highest BCUT2D eigenvalue weighted by Gasteiger charge is 2.22. The van der Waals surface area contributed by atoms with Crippen LogP contribution in [0.5, 0.6) is 0 Å². The van der Waals surface area contributed by atoms with Crippen molar-refractivity contribution in [2.45, 2.75) is 32.4 Å². The molecule has 1 aromatic rings. The van der Waals surface area contributed by atoms with E-state index in [2.05, 4.69) is 9.88 Å². The lowest BCUT2D eigenvalue weighted by Gasteiger charge is -2.32. The molecule has 0 saturated heterocycles. The van der Waals surface area contributed by atoms with Crippen molar-refractivity contribution in [2.75, 3.05) is 13.1 Å². The third kappa shape index (κ3) is 2.94. The molecule has 0 unspecified atom stereocenters. The molecule has 1 aliphatic rings. The van der Waals surface area contributed by atoms with Crippen LogP contribution in [-0.4, -0.2) is 33.7 Å². The maximum absolute atomic E-state index is 9.78. The summed E-state index contributed by atoms with van der Waals surface area (Å²) < 4.78 is 0. The Morgan fingerprint density at radius 2 is 2.25 bits per heavy atom. The number of fused-ring (bicyclic) bond motifs is 1. The summed E-state index contributed by atoms with van der Waals surface area (Å²) in [7, 11) is 0. The van der Waals surface area contributed by atoms with E-state index in [1.807, 2.05) is 26.0 Å². The maximum Gasteiger partial charge on any atom is 0.129 e. The zero-order valence-corrected chi connectivity index (χ0v) is 10.5. The van der Waals surface area contributed by atoms with Crippen LogP contribution in [0.25, 0.3) is 0 Å². The fourth-order valence-corrected chi connectivity index (χ4v) is 2.30. The summed E-state index contributed by atoms with van der Waals surface area (Å²) in [6.45, 7) is 6.15. The molecular formula is C12H17ClN2O. The molecule has 1 aromatic heterocycles. The molecule has 2 heterocycles. The van der Waals surface area contributed by atoms with E-state index in [1.165, 1.54) is 5.56 Å². The Kier molecular flexibility index (Phi) is 3.19. The van der Waals surface area contributed by atoms with Crippen LogP contribution in [0.3, 0.4) is 0 Å². The predicted octanol–water partition coefficient (Wildman–Crippen LogP) is 1.86. The summed E-state index contributed by atoms with van der Waals surface area (Å²) in [5, 5.41) is 10.3. The molecule has 0 aliphatic carbocycles. The Balaban J connectivity index is 2.09. The van der Waals surface area contributed by atoms with E-state index in [1.54, 1.807) is 0 Å². The minimum atomic E-state index is -0.642. The summed E-state index contributed by atoms with van der Waals surface area (Å²) >= 11 is 5.85. The summed E-state index contributed by atoms with van der Waals surface area (Å²) in [5.74, 6) is 0. The van der Waals surface area contributed by atoms with Crippen LogP contribution in [0.1, 0.15) is 25.1 Å². The topological polar surface area (TPSA) is 36.4 Å². The largest absolute Gasteiger partial charge is 0.389 e. The highest BCUT2D eigenvalue weighted by Crippen LogP contribution is 2.20. The van der Waals surface area contributed by atoms with Gasteiger partial charge in [0.05, 0.1) is 5.60 Å². The Morgan fingerprint density at radius 1 is 1.50 bits per heavy atom. The number of hydrogen-bond acceptors (Lipinski definition) is 3. The molecule has 4 heteroatoms. The van der Waals surface area contributed by atoms with Crippen molar-refractivity contribution in [3.63, 3.8) is 0 Å². The molecule has 1 N–H and O–H groups in total. The quantitative estimate of drug-likeness (QED) is 0.802. The van der Waals surface area contributed by atoms with Gasteiger partial charge in [0.15, 0.2) is 0 Å². The van der Waals surface area contributed by atoms with Gasteiger partial charge in [0, 0.05) is 31.7 Å². The lowest BCUT2D eigenvalue weighted by Crippen LogP contribution is -2.41. The molecule has 0 aromatic carbocycles. The van der Waals surface area contributed by atoms with Crippen LogP contribution in [0.4, 0.5) is 0 Å². The van der Waals surface area contributed by atoms with Gasteiger partial charge in [0.25, 0.3) is 0 Å². The number of rotatable bonds is 2. The molecule has 3 nitrogen and oxygen atoms in total. The highest BCUT2D eigenvalue weighted by atomic mass is 35.5. The average Bonchev–Trinajstić information content (AvgIpc) is 2.16. The number of halogens is 1. The molecule has 0 atom stereocenters. The van der Waals surface area contributed by atoms with Gasteiger partial charge in [-0.05, 0) is 25.5 Å². The van der Waals surface area contributed by atoms with Gasteiger partial charge in [-0.25, -0.2) is 4.98 Å². The molecule has 0 radical (unpaired) electrons. The van der Waals surface area contributed by atoms with E-state index in [0.29, 0.717) is 11.7 Å². The zero-order chi connectivity index (χ0) is 11.8. The second-order valence-corrected chi connectivity index (χ2v) is 5.40. The SMILES string of the molecule is CC(C)(O)CN1CCc2nc(Cl)ccc2C1. The summed E-state index contributed by atoms with van der Waals surface area (Å²) in [6.07, 6.45) is 0.909. The van der Waals surface area contributed by atoms with Crippen molar-refractivity contribution < 1.29 is 5.11 Å². The van der Waals surface area contributed by atoms with E-state index >= 15 is 0 Å². The first-order valence-electron chi connectivity index (χ1n) is 5.53. The van der Waals surface area contributed by atoms with Crippen LogP contribution in [0, 0.1) is 0 Å². The number of nitrogens with zero attached hydrogens (tertiary/aromatic N) is 2. The molecule has 2 rings (SSSR count). The first-order valence-corrected chi connectivity index (χ1v) is 5.91. The van der Waals surface area contributed by atoms with Gasteiger partial charge in [-0.1, -0.05) is 17.7 Å². The van der Waals surface area contributed by atoms with Crippen molar-refractivity contribution in [3.8, 4) is 0 Å². The van der Waals surface area contributed by atoms with Crippen molar-refractivity contribution in [1.82, 2.24) is 9.88 Å². The summed E-state index contributed by atoms with van der Waals surface area (Å²) in [4.78, 5) is 6.57. The van der Waals surface area contributed by atoms with Crippen molar-refractivity contribution in [1.29, 1.82) is 0 Å². The molecule has 0 fully saturated rings. The molecular weight excluding hydrogens is 224 g/mol. The second-order valence-electron chi connectivity index (χ2n) is 5.01. The van der Waals surface area contributed by atoms with E-state index in [0.717, 1.165) is 25.2 Å². The number of β-amino-alcohol motifs (C(OH)–C–C–N with tert-alkyl or cyclic N) is 1. The van der Waals surface area contributed by atoms with Crippen molar-refractivity contribution in [2.24, 2.45) is 0 Å².